The highest BCUT2D eigenvalue weighted by molar-refractivity contribution is 5.89. The van der Waals surface area contributed by atoms with E-state index in [1.54, 1.807) is 31.4 Å². The molecule has 1 aliphatic heterocycles. The Bertz CT molecular complexity index is 1230. The normalized spacial score (nSPS) is 16.2. The SMILES string of the molecule is COc1ccc(-c2nnn(CC(=O)N(C[C@@H]3CCCO3)[C@@H](C(=O)NC(C)(C)C)c3ccc(F)cc3)n2)cc1. The average molecular weight is 525 g/mol. The Morgan fingerprint density at radius 1 is 1.18 bits per heavy atom. The minimum absolute atomic E-state index is 0.193. The molecule has 0 saturated carbocycles. The number of amides is 2. The summed E-state index contributed by atoms with van der Waals surface area (Å²) >= 11 is 0. The maximum atomic E-state index is 13.8. The number of carbonyl (C=O) groups excluding carboxylic acids is 2. The van der Waals surface area contributed by atoms with Gasteiger partial charge in [0.25, 0.3) is 0 Å². The molecule has 1 saturated heterocycles. The standard InChI is InChI=1S/C27H33FN6O4/c1-27(2,3)29-26(36)24(18-7-11-20(28)12-8-18)33(16-22-6-5-15-38-22)23(35)17-34-31-25(30-32-34)19-9-13-21(37-4)14-10-19/h7-14,22,24H,5-6,15-17H2,1-4H3,(H,29,36)/t22-,24+/m0/s1. The van der Waals surface area contributed by atoms with Crippen LogP contribution in [0.3, 0.4) is 0 Å². The van der Waals surface area contributed by atoms with E-state index in [4.69, 9.17) is 9.47 Å². The number of hydrogen-bond donors (Lipinski definition) is 1. The van der Waals surface area contributed by atoms with Crippen molar-refractivity contribution in [2.24, 2.45) is 0 Å². The first-order chi connectivity index (χ1) is 18.1. The van der Waals surface area contributed by atoms with E-state index in [-0.39, 0.29) is 25.1 Å². The fourth-order valence-corrected chi connectivity index (χ4v) is 4.29. The first-order valence-corrected chi connectivity index (χ1v) is 12.5. The Labute approximate surface area is 221 Å². The maximum absolute atomic E-state index is 13.8. The molecule has 3 aromatic rings. The maximum Gasteiger partial charge on any atom is 0.247 e. The molecule has 1 fully saturated rings. The smallest absolute Gasteiger partial charge is 0.247 e. The van der Waals surface area contributed by atoms with Crippen LogP contribution in [0.1, 0.15) is 45.2 Å². The summed E-state index contributed by atoms with van der Waals surface area (Å²) in [4.78, 5) is 30.0. The highest BCUT2D eigenvalue weighted by Crippen LogP contribution is 2.26. The van der Waals surface area contributed by atoms with Crippen molar-refractivity contribution in [3.63, 3.8) is 0 Å². The molecule has 0 radical (unpaired) electrons. The molecule has 0 aliphatic carbocycles. The zero-order valence-electron chi connectivity index (χ0n) is 22.1. The van der Waals surface area contributed by atoms with Gasteiger partial charge in [-0.3, -0.25) is 9.59 Å². The van der Waals surface area contributed by atoms with Crippen LogP contribution in [-0.4, -0.2) is 68.8 Å². The Hall–Kier alpha value is -3.86. The number of ether oxygens (including phenoxy) is 2. The fraction of sp³-hybridized carbons (Fsp3) is 0.444. The predicted octanol–water partition coefficient (Wildman–Crippen LogP) is 3.15. The third-order valence-corrected chi connectivity index (χ3v) is 6.07. The van der Waals surface area contributed by atoms with E-state index in [0.717, 1.165) is 18.4 Å². The van der Waals surface area contributed by atoms with Crippen molar-refractivity contribution in [3.05, 3.63) is 59.9 Å². The monoisotopic (exact) mass is 524 g/mol. The Kier molecular flexibility index (Phi) is 8.35. The van der Waals surface area contributed by atoms with Crippen molar-refractivity contribution in [1.82, 2.24) is 30.4 Å². The highest BCUT2D eigenvalue weighted by Gasteiger charge is 2.36. The Balaban J connectivity index is 1.63. The van der Waals surface area contributed by atoms with Gasteiger partial charge in [-0.2, -0.15) is 4.80 Å². The fourth-order valence-electron chi connectivity index (χ4n) is 4.29. The second-order valence-corrected chi connectivity index (χ2v) is 10.2. The number of methoxy groups -OCH3 is 1. The van der Waals surface area contributed by atoms with Crippen LogP contribution in [-0.2, 0) is 20.9 Å². The molecule has 2 aromatic carbocycles. The number of rotatable bonds is 9. The van der Waals surface area contributed by atoms with Crippen LogP contribution in [0.2, 0.25) is 0 Å². The lowest BCUT2D eigenvalue weighted by Crippen LogP contribution is -2.51. The molecule has 0 bridgehead atoms. The number of aromatic nitrogens is 4. The van der Waals surface area contributed by atoms with E-state index >= 15 is 0 Å². The van der Waals surface area contributed by atoms with Crippen LogP contribution in [0.5, 0.6) is 5.75 Å². The van der Waals surface area contributed by atoms with E-state index < -0.39 is 23.3 Å². The molecule has 0 unspecified atom stereocenters. The molecule has 1 aliphatic rings. The van der Waals surface area contributed by atoms with E-state index in [2.05, 4.69) is 20.7 Å². The van der Waals surface area contributed by atoms with E-state index in [1.165, 1.54) is 34.0 Å². The van der Waals surface area contributed by atoms with Gasteiger partial charge >= 0.3 is 0 Å². The lowest BCUT2D eigenvalue weighted by molar-refractivity contribution is -0.144. The molecule has 1 aromatic heterocycles. The van der Waals surface area contributed by atoms with Gasteiger partial charge in [0, 0.05) is 24.3 Å². The van der Waals surface area contributed by atoms with E-state index in [0.29, 0.717) is 23.7 Å². The van der Waals surface area contributed by atoms with Gasteiger partial charge in [-0.05, 0) is 80.8 Å². The molecular weight excluding hydrogens is 491 g/mol. The topological polar surface area (TPSA) is 111 Å². The highest BCUT2D eigenvalue weighted by atomic mass is 19.1. The van der Waals surface area contributed by atoms with Crippen molar-refractivity contribution in [1.29, 1.82) is 0 Å². The number of halogens is 1. The van der Waals surface area contributed by atoms with Gasteiger partial charge in [0.05, 0.1) is 13.2 Å². The first kappa shape index (κ1) is 27.2. The summed E-state index contributed by atoms with van der Waals surface area (Å²) in [6.45, 7) is 6.13. The first-order valence-electron chi connectivity index (χ1n) is 12.5. The van der Waals surface area contributed by atoms with Crippen LogP contribution < -0.4 is 10.1 Å². The number of nitrogens with one attached hydrogen (secondary N) is 1. The van der Waals surface area contributed by atoms with Crippen LogP contribution in [0, 0.1) is 5.82 Å². The second-order valence-electron chi connectivity index (χ2n) is 10.2. The molecule has 10 nitrogen and oxygen atoms in total. The van der Waals surface area contributed by atoms with Gasteiger partial charge in [0.2, 0.25) is 17.6 Å². The van der Waals surface area contributed by atoms with Crippen LogP contribution in [0.15, 0.2) is 48.5 Å². The van der Waals surface area contributed by atoms with Gasteiger partial charge in [0.15, 0.2) is 0 Å². The van der Waals surface area contributed by atoms with Crippen LogP contribution in [0.4, 0.5) is 4.39 Å². The minimum Gasteiger partial charge on any atom is -0.497 e. The van der Waals surface area contributed by atoms with Gasteiger partial charge < -0.3 is 19.7 Å². The van der Waals surface area contributed by atoms with E-state index in [9.17, 15) is 14.0 Å². The molecule has 0 spiro atoms. The number of carbonyl (C=O) groups is 2. The zero-order chi connectivity index (χ0) is 27.3. The molecule has 202 valence electrons. The molecule has 2 atom stereocenters. The van der Waals surface area contributed by atoms with Crippen molar-refractivity contribution >= 4 is 11.8 Å². The van der Waals surface area contributed by atoms with Gasteiger partial charge in [-0.15, -0.1) is 10.2 Å². The summed E-state index contributed by atoms with van der Waals surface area (Å²) in [6, 6.07) is 11.8. The number of nitrogens with zero attached hydrogens (tertiary/aromatic N) is 5. The molecule has 4 rings (SSSR count). The van der Waals surface area contributed by atoms with Crippen molar-refractivity contribution < 1.29 is 23.5 Å². The van der Waals surface area contributed by atoms with Crippen molar-refractivity contribution in [2.75, 3.05) is 20.3 Å². The number of benzene rings is 2. The molecule has 2 heterocycles. The Morgan fingerprint density at radius 2 is 1.89 bits per heavy atom. The quantitative estimate of drug-likeness (QED) is 0.458. The van der Waals surface area contributed by atoms with Gasteiger partial charge in [-0.25, -0.2) is 4.39 Å². The zero-order valence-corrected chi connectivity index (χ0v) is 22.1. The van der Waals surface area contributed by atoms with Crippen LogP contribution in [0.25, 0.3) is 11.4 Å². The lowest BCUT2D eigenvalue weighted by atomic mass is 10.0. The van der Waals surface area contributed by atoms with Crippen molar-refractivity contribution in [3.8, 4) is 17.1 Å². The molecule has 11 heteroatoms. The summed E-state index contributed by atoms with van der Waals surface area (Å²) in [5, 5.41) is 15.5. The summed E-state index contributed by atoms with van der Waals surface area (Å²) in [6.07, 6.45) is 1.42. The van der Waals surface area contributed by atoms with Crippen LogP contribution >= 0.6 is 0 Å². The third kappa shape index (κ3) is 6.91. The van der Waals surface area contributed by atoms with Gasteiger partial charge in [-0.1, -0.05) is 12.1 Å². The second kappa shape index (κ2) is 11.7. The largest absolute Gasteiger partial charge is 0.497 e. The number of hydrogen-bond acceptors (Lipinski definition) is 7. The molecule has 38 heavy (non-hydrogen) atoms. The Morgan fingerprint density at radius 3 is 2.50 bits per heavy atom. The molecule has 2 amide bonds. The number of tetrazole rings is 1. The average Bonchev–Trinajstić information content (AvgIpc) is 3.56. The predicted molar refractivity (Wildman–Crippen MR) is 138 cm³/mol. The van der Waals surface area contributed by atoms with Crippen molar-refractivity contribution in [2.45, 2.75) is 57.8 Å². The molecule has 1 N–H and O–H groups in total. The summed E-state index contributed by atoms with van der Waals surface area (Å²) in [7, 11) is 1.58. The summed E-state index contributed by atoms with van der Waals surface area (Å²) < 4.78 is 24.7. The van der Waals surface area contributed by atoms with E-state index in [1.807, 2.05) is 20.8 Å². The summed E-state index contributed by atoms with van der Waals surface area (Å²) in [5.74, 6) is -0.148. The molecular formula is C27H33FN6O4. The van der Waals surface area contributed by atoms with Gasteiger partial charge in [0.1, 0.15) is 24.2 Å². The summed E-state index contributed by atoms with van der Waals surface area (Å²) in [5.41, 5.74) is 0.661. The lowest BCUT2D eigenvalue weighted by Gasteiger charge is -2.34. The minimum atomic E-state index is -1.00. The third-order valence-electron chi connectivity index (χ3n) is 6.07.